The average molecular weight is 435 g/mol. The van der Waals surface area contributed by atoms with Gasteiger partial charge in [0.2, 0.25) is 5.91 Å². The number of hydrogen-bond acceptors (Lipinski definition) is 5. The molecule has 4 bridgehead atoms. The number of carbonyl (C=O) groups excluding carboxylic acids is 1. The van der Waals surface area contributed by atoms with Crippen LogP contribution < -0.4 is 5.32 Å². The lowest BCUT2D eigenvalue weighted by molar-refractivity contribution is -0.132. The molecular weight excluding hydrogens is 400 g/mol. The molecule has 1 saturated heterocycles. The molecule has 5 aliphatic rings. The first-order valence-corrected chi connectivity index (χ1v) is 12.4. The zero-order valence-electron chi connectivity index (χ0n) is 18.8. The fraction of sp³-hybridized carbons (Fsp3) is 0.680. The smallest absolute Gasteiger partial charge is 0.220 e. The van der Waals surface area contributed by atoms with E-state index >= 15 is 0 Å². The Kier molecular flexibility index (Phi) is 5.05. The predicted octanol–water partition coefficient (Wildman–Crippen LogP) is 3.14. The first kappa shape index (κ1) is 20.3. The summed E-state index contributed by atoms with van der Waals surface area (Å²) in [4.78, 5) is 17.6. The predicted molar refractivity (Wildman–Crippen MR) is 120 cm³/mol. The summed E-state index contributed by atoms with van der Waals surface area (Å²) in [6.45, 7) is 3.19. The lowest BCUT2D eigenvalue weighted by Gasteiger charge is -2.61. The van der Waals surface area contributed by atoms with E-state index < -0.39 is 0 Å². The molecule has 2 heterocycles. The zero-order chi connectivity index (χ0) is 21.6. The molecule has 32 heavy (non-hydrogen) atoms. The van der Waals surface area contributed by atoms with Crippen LogP contribution in [0.1, 0.15) is 63.4 Å². The van der Waals surface area contributed by atoms with E-state index in [1.807, 2.05) is 4.80 Å². The highest BCUT2D eigenvalue weighted by Crippen LogP contribution is 2.60. The molecule has 1 aliphatic heterocycles. The number of nitrogens with one attached hydrogen (secondary N) is 1. The Morgan fingerprint density at radius 2 is 1.81 bits per heavy atom. The van der Waals surface area contributed by atoms with Crippen molar-refractivity contribution in [3.05, 3.63) is 42.2 Å². The topological polar surface area (TPSA) is 75.9 Å². The molecule has 0 spiro atoms. The van der Waals surface area contributed by atoms with Crippen molar-refractivity contribution < 1.29 is 4.79 Å². The molecule has 1 N–H and O–H groups in total. The van der Waals surface area contributed by atoms with Crippen molar-refractivity contribution in [1.29, 1.82) is 0 Å². The zero-order valence-corrected chi connectivity index (χ0v) is 18.8. The molecule has 4 saturated carbocycles. The van der Waals surface area contributed by atoms with Crippen LogP contribution in [0.3, 0.4) is 0 Å². The maximum absolute atomic E-state index is 13.2. The molecule has 1 aromatic heterocycles. The summed E-state index contributed by atoms with van der Waals surface area (Å²) in [6.07, 6.45) is 11.2. The largest absolute Gasteiger partial charge is 0.351 e. The fourth-order valence-electron chi connectivity index (χ4n) is 7.78. The molecule has 4 aliphatic carbocycles. The number of carbonyl (C=O) groups is 1. The molecule has 2 unspecified atom stereocenters. The monoisotopic (exact) mass is 434 g/mol. The lowest BCUT2D eigenvalue weighted by atomic mass is 9.50. The van der Waals surface area contributed by atoms with Crippen LogP contribution in [0.5, 0.6) is 0 Å². The van der Waals surface area contributed by atoms with Crippen LogP contribution >= 0.6 is 0 Å². The van der Waals surface area contributed by atoms with E-state index in [0.717, 1.165) is 64.6 Å². The van der Waals surface area contributed by atoms with Crippen LogP contribution in [-0.2, 0) is 16.9 Å². The quantitative estimate of drug-likeness (QED) is 0.756. The second kappa shape index (κ2) is 7.94. The van der Waals surface area contributed by atoms with Gasteiger partial charge in [-0.3, -0.25) is 9.69 Å². The normalized spacial score (nSPS) is 34.6. The van der Waals surface area contributed by atoms with Gasteiger partial charge in [-0.05, 0) is 93.0 Å². The van der Waals surface area contributed by atoms with Crippen LogP contribution in [0.4, 0.5) is 0 Å². The summed E-state index contributed by atoms with van der Waals surface area (Å²) < 4.78 is 0. The summed E-state index contributed by atoms with van der Waals surface area (Å²) in [6, 6.07) is 10.7. The van der Waals surface area contributed by atoms with Crippen molar-refractivity contribution in [3.63, 3.8) is 0 Å². The minimum Gasteiger partial charge on any atom is -0.351 e. The second-order valence-corrected chi connectivity index (χ2v) is 11.1. The average Bonchev–Trinajstić information content (AvgIpc) is 3.31. The molecule has 1 amide bonds. The highest BCUT2D eigenvalue weighted by Gasteiger charge is 2.60. The Morgan fingerprint density at radius 3 is 2.50 bits per heavy atom. The molecule has 4 atom stereocenters. The van der Waals surface area contributed by atoms with Crippen molar-refractivity contribution in [1.82, 2.24) is 30.4 Å². The molecule has 0 radical (unpaired) electrons. The van der Waals surface area contributed by atoms with Crippen molar-refractivity contribution in [2.45, 2.75) is 75.4 Å². The highest BCUT2D eigenvalue weighted by atomic mass is 16.1. The van der Waals surface area contributed by atoms with Gasteiger partial charge in [0.15, 0.2) is 6.33 Å². The molecule has 1 aromatic carbocycles. The highest BCUT2D eigenvalue weighted by molar-refractivity contribution is 5.77. The van der Waals surface area contributed by atoms with E-state index in [2.05, 4.69) is 56.0 Å². The molecule has 5 fully saturated rings. The minimum absolute atomic E-state index is 0.0450. The number of hydrogen-bond donors (Lipinski definition) is 1. The lowest BCUT2D eigenvalue weighted by Crippen LogP contribution is -2.66. The Labute approximate surface area is 189 Å². The van der Waals surface area contributed by atoms with Gasteiger partial charge in [0.05, 0.1) is 5.54 Å². The Bertz CT molecular complexity index is 923. The number of aromatic nitrogens is 4. The standard InChI is InChI=1S/C25H34N6O/c32-23(11-19-6-8-30(9-7-19)16-20-4-2-1-3-5-20)28-24-12-21-10-22(13-24)15-25(14-21,17-24)31-27-18-26-29-31/h1-5,18-19,21-22H,6-17H2,(H,28,32)/t21-,22+,24?,25?. The van der Waals surface area contributed by atoms with Gasteiger partial charge in [-0.2, -0.15) is 4.80 Å². The van der Waals surface area contributed by atoms with Crippen molar-refractivity contribution >= 4 is 5.91 Å². The van der Waals surface area contributed by atoms with Crippen LogP contribution in [0, 0.1) is 17.8 Å². The van der Waals surface area contributed by atoms with Crippen molar-refractivity contribution in [3.8, 4) is 0 Å². The van der Waals surface area contributed by atoms with Gasteiger partial charge in [-0.1, -0.05) is 30.3 Å². The van der Waals surface area contributed by atoms with Crippen LogP contribution in [-0.4, -0.2) is 49.6 Å². The van der Waals surface area contributed by atoms with Gasteiger partial charge in [-0.25, -0.2) is 0 Å². The summed E-state index contributed by atoms with van der Waals surface area (Å²) in [5, 5.41) is 16.3. The first-order chi connectivity index (χ1) is 15.6. The van der Waals surface area contributed by atoms with Gasteiger partial charge in [-0.15, -0.1) is 10.2 Å². The molecule has 170 valence electrons. The number of amides is 1. The summed E-state index contributed by atoms with van der Waals surface area (Å²) in [5.41, 5.74) is 1.26. The van der Waals surface area contributed by atoms with E-state index in [4.69, 9.17) is 0 Å². The number of benzene rings is 1. The third-order valence-electron chi connectivity index (χ3n) is 8.64. The van der Waals surface area contributed by atoms with Gasteiger partial charge in [0, 0.05) is 18.5 Å². The third kappa shape index (κ3) is 3.85. The van der Waals surface area contributed by atoms with Crippen molar-refractivity contribution in [2.75, 3.05) is 13.1 Å². The summed E-state index contributed by atoms with van der Waals surface area (Å²) in [5.74, 6) is 2.10. The second-order valence-electron chi connectivity index (χ2n) is 11.1. The minimum atomic E-state index is -0.0667. The molecular formula is C25H34N6O. The Morgan fingerprint density at radius 1 is 1.06 bits per heavy atom. The van der Waals surface area contributed by atoms with E-state index in [1.54, 1.807) is 6.33 Å². The summed E-state index contributed by atoms with van der Waals surface area (Å²) >= 11 is 0. The number of piperidine rings is 1. The van der Waals surface area contributed by atoms with Crippen LogP contribution in [0.15, 0.2) is 36.7 Å². The SMILES string of the molecule is O=C(CC1CCN(Cc2ccccc2)CC1)NC12C[C@H]3C[C@@H](C1)CC(n1ncnn1)(C3)C2. The number of nitrogens with zero attached hydrogens (tertiary/aromatic N) is 5. The maximum atomic E-state index is 13.2. The molecule has 7 rings (SSSR count). The van der Waals surface area contributed by atoms with Gasteiger partial charge in [0.1, 0.15) is 0 Å². The van der Waals surface area contributed by atoms with Gasteiger partial charge in [0.25, 0.3) is 0 Å². The molecule has 7 nitrogen and oxygen atoms in total. The van der Waals surface area contributed by atoms with E-state index in [1.165, 1.54) is 12.0 Å². The van der Waals surface area contributed by atoms with Crippen LogP contribution in [0.25, 0.3) is 0 Å². The summed E-state index contributed by atoms with van der Waals surface area (Å²) in [7, 11) is 0. The Hall–Kier alpha value is -2.28. The molecule has 7 heteroatoms. The van der Waals surface area contributed by atoms with Crippen LogP contribution in [0.2, 0.25) is 0 Å². The first-order valence-electron chi connectivity index (χ1n) is 12.4. The maximum Gasteiger partial charge on any atom is 0.220 e. The Balaban J connectivity index is 1.06. The van der Waals surface area contributed by atoms with E-state index in [9.17, 15) is 4.79 Å². The number of rotatable bonds is 6. The fourth-order valence-corrected chi connectivity index (χ4v) is 7.78. The van der Waals surface area contributed by atoms with Crippen molar-refractivity contribution in [2.24, 2.45) is 17.8 Å². The molecule has 2 aromatic rings. The number of tetrazole rings is 1. The third-order valence-corrected chi connectivity index (χ3v) is 8.64. The van der Waals surface area contributed by atoms with E-state index in [-0.39, 0.29) is 17.0 Å². The van der Waals surface area contributed by atoms with E-state index in [0.29, 0.717) is 24.2 Å². The van der Waals surface area contributed by atoms with Gasteiger partial charge < -0.3 is 5.32 Å². The number of likely N-dealkylation sites (tertiary alicyclic amines) is 1. The van der Waals surface area contributed by atoms with Gasteiger partial charge >= 0.3 is 0 Å².